The van der Waals surface area contributed by atoms with Gasteiger partial charge in [-0.1, -0.05) is 24.3 Å². The number of benzene rings is 3. The number of amides is 7. The van der Waals surface area contributed by atoms with E-state index in [9.17, 15) is 33.6 Å². The number of imide groups is 2. The first kappa shape index (κ1) is 36.2. The number of unbranched alkanes of at least 4 members (excludes halogenated alkanes) is 1. The minimum absolute atomic E-state index is 0.0396. The molecule has 2 aliphatic rings. The van der Waals surface area contributed by atoms with Crippen LogP contribution in [-0.4, -0.2) is 83.7 Å². The van der Waals surface area contributed by atoms with Crippen LogP contribution in [0.4, 0.5) is 5.69 Å². The van der Waals surface area contributed by atoms with Gasteiger partial charge in [0.15, 0.2) is 0 Å². The first-order valence-electron chi connectivity index (χ1n) is 16.6. The molecule has 3 aromatic rings. The van der Waals surface area contributed by atoms with Crippen LogP contribution >= 0.6 is 0 Å². The van der Waals surface area contributed by atoms with Crippen LogP contribution in [0, 0.1) is 0 Å². The van der Waals surface area contributed by atoms with E-state index in [0.29, 0.717) is 62.4 Å². The Balaban J connectivity index is 0.951. The topological polar surface area (TPSA) is 212 Å². The van der Waals surface area contributed by atoms with E-state index in [1.165, 1.54) is 18.2 Å². The fourth-order valence-electron chi connectivity index (χ4n) is 5.77. The van der Waals surface area contributed by atoms with Crippen molar-refractivity contribution in [3.63, 3.8) is 0 Å². The summed E-state index contributed by atoms with van der Waals surface area (Å²) in [5.41, 5.74) is 3.77. The zero-order valence-electron chi connectivity index (χ0n) is 27.7. The number of rotatable bonds is 16. The number of piperidine rings is 1. The second-order valence-electron chi connectivity index (χ2n) is 11.9. The van der Waals surface area contributed by atoms with Crippen molar-refractivity contribution in [3.05, 3.63) is 94.5 Å². The fraction of sp³-hybridized carbons (Fsp3) is 0.306. The van der Waals surface area contributed by atoms with Gasteiger partial charge in [0.25, 0.3) is 23.6 Å². The number of hydroxylamine groups is 1. The maximum atomic E-state index is 13.2. The summed E-state index contributed by atoms with van der Waals surface area (Å²) in [6, 6.07) is 17.3. The molecule has 3 aromatic carbocycles. The molecule has 0 bridgehead atoms. The molecule has 6 N–H and O–H groups in total. The third-order valence-corrected chi connectivity index (χ3v) is 8.41. The van der Waals surface area contributed by atoms with Gasteiger partial charge in [0.05, 0.1) is 17.7 Å². The molecule has 15 nitrogen and oxygen atoms in total. The first-order chi connectivity index (χ1) is 24.7. The molecule has 2 aliphatic heterocycles. The number of anilines is 1. The highest BCUT2D eigenvalue weighted by Gasteiger charge is 2.45. The summed E-state index contributed by atoms with van der Waals surface area (Å²) in [6.45, 7) is 1.39. The van der Waals surface area contributed by atoms with E-state index in [0.717, 1.165) is 10.5 Å². The largest absolute Gasteiger partial charge is 0.494 e. The molecule has 0 saturated carbocycles. The zero-order chi connectivity index (χ0) is 36.3. The fourth-order valence-corrected chi connectivity index (χ4v) is 5.77. The summed E-state index contributed by atoms with van der Waals surface area (Å²) in [6.07, 6.45) is 2.28. The van der Waals surface area contributed by atoms with Crippen LogP contribution < -0.4 is 31.5 Å². The van der Waals surface area contributed by atoms with Crippen LogP contribution in [0.1, 0.15) is 79.1 Å². The van der Waals surface area contributed by atoms with E-state index in [1.807, 2.05) is 24.3 Å². The zero-order valence-corrected chi connectivity index (χ0v) is 27.7. The number of ether oxygens (including phenoxy) is 1. The minimum atomic E-state index is -1.05. The quantitative estimate of drug-likeness (QED) is 0.0554. The average Bonchev–Trinajstić information content (AvgIpc) is 3.39. The maximum Gasteiger partial charge on any atom is 0.274 e. The number of fused-ring (bicyclic) bond motifs is 1. The Bertz CT molecular complexity index is 1830. The second-order valence-corrected chi connectivity index (χ2v) is 11.9. The van der Waals surface area contributed by atoms with Crippen molar-refractivity contribution in [1.82, 2.24) is 26.3 Å². The van der Waals surface area contributed by atoms with Gasteiger partial charge in [-0.15, -0.1) is 0 Å². The predicted octanol–water partition coefficient (Wildman–Crippen LogP) is 1.96. The predicted molar refractivity (Wildman–Crippen MR) is 182 cm³/mol. The molecule has 7 amide bonds. The van der Waals surface area contributed by atoms with E-state index >= 15 is 0 Å². The minimum Gasteiger partial charge on any atom is -0.494 e. The summed E-state index contributed by atoms with van der Waals surface area (Å²) < 4.78 is 5.79. The molecule has 0 aromatic heterocycles. The third-order valence-electron chi connectivity index (χ3n) is 8.41. The smallest absolute Gasteiger partial charge is 0.274 e. The van der Waals surface area contributed by atoms with Gasteiger partial charge in [0.2, 0.25) is 17.7 Å². The molecular formula is C36H38N6O9. The van der Waals surface area contributed by atoms with Crippen molar-refractivity contribution in [2.24, 2.45) is 0 Å². The summed E-state index contributed by atoms with van der Waals surface area (Å²) in [4.78, 5) is 87.3. The van der Waals surface area contributed by atoms with Crippen LogP contribution in [0.5, 0.6) is 5.75 Å². The molecule has 0 aliphatic carbocycles. The van der Waals surface area contributed by atoms with Gasteiger partial charge in [-0.3, -0.25) is 49.0 Å². The Kier molecular flexibility index (Phi) is 12.1. The standard InChI is InChI=1S/C36H38N6O9/c43-29(38-19-18-37-27-8-4-7-26-31(27)36(49)42(35(26)48)28-14-15-30(44)40-34(28)47)9-1-2-20-51-25-12-10-22(11-13-25)16-17-39-32(45)23-5-3-6-24(21-23)33(46)41-50/h3-8,10-13,21,28,37,50H,1-2,9,14-20H2,(H,38,43)(H,39,45)(H,41,46)(H,40,44,47). The monoisotopic (exact) mass is 698 g/mol. The molecule has 0 radical (unpaired) electrons. The third kappa shape index (κ3) is 9.13. The second kappa shape index (κ2) is 17.0. The maximum absolute atomic E-state index is 13.2. The lowest BCUT2D eigenvalue weighted by Gasteiger charge is -2.27. The number of hydrogen-bond acceptors (Lipinski definition) is 10. The van der Waals surface area contributed by atoms with Gasteiger partial charge in [0, 0.05) is 49.3 Å². The number of carbonyl (C=O) groups is 7. The molecule has 1 atom stereocenters. The molecule has 266 valence electrons. The number of nitrogens with one attached hydrogen (secondary N) is 5. The SMILES string of the molecule is O=C(CCCCOc1ccc(CCNC(=O)c2cccc(C(=O)NO)c2)cc1)NCCNc1cccc2c1C(=O)N(C1CCC(=O)NC1=O)C2=O. The number of carbonyl (C=O) groups excluding carboxylic acids is 7. The van der Waals surface area contributed by atoms with Gasteiger partial charge < -0.3 is 20.7 Å². The van der Waals surface area contributed by atoms with E-state index in [2.05, 4.69) is 21.3 Å². The van der Waals surface area contributed by atoms with Crippen molar-refractivity contribution in [2.75, 3.05) is 31.6 Å². The molecule has 15 heteroatoms. The first-order valence-corrected chi connectivity index (χ1v) is 16.6. The molecule has 1 saturated heterocycles. The normalized spacial score (nSPS) is 15.2. The lowest BCUT2D eigenvalue weighted by Crippen LogP contribution is -2.54. The van der Waals surface area contributed by atoms with E-state index in [4.69, 9.17) is 9.94 Å². The summed E-state index contributed by atoms with van der Waals surface area (Å²) in [5, 5.41) is 19.7. The molecule has 0 spiro atoms. The molecular weight excluding hydrogens is 660 g/mol. The van der Waals surface area contributed by atoms with Gasteiger partial charge in [-0.2, -0.15) is 0 Å². The van der Waals surface area contributed by atoms with Crippen LogP contribution in [0.3, 0.4) is 0 Å². The Morgan fingerprint density at radius 1 is 0.843 bits per heavy atom. The van der Waals surface area contributed by atoms with Crippen LogP contribution in [0.25, 0.3) is 0 Å². The summed E-state index contributed by atoms with van der Waals surface area (Å²) >= 11 is 0. The Labute approximate surface area is 293 Å². The lowest BCUT2D eigenvalue weighted by molar-refractivity contribution is -0.136. The van der Waals surface area contributed by atoms with Gasteiger partial charge in [-0.05, 0) is 73.7 Å². The van der Waals surface area contributed by atoms with Crippen LogP contribution in [0.15, 0.2) is 66.7 Å². The molecule has 5 rings (SSSR count). The Morgan fingerprint density at radius 2 is 1.59 bits per heavy atom. The Morgan fingerprint density at radius 3 is 2.33 bits per heavy atom. The van der Waals surface area contributed by atoms with Crippen LogP contribution in [-0.2, 0) is 20.8 Å². The van der Waals surface area contributed by atoms with Crippen molar-refractivity contribution >= 4 is 47.0 Å². The molecule has 51 heavy (non-hydrogen) atoms. The highest BCUT2D eigenvalue weighted by Crippen LogP contribution is 2.32. The summed E-state index contributed by atoms with van der Waals surface area (Å²) in [5.74, 6) is -2.78. The molecule has 1 fully saturated rings. The van der Waals surface area contributed by atoms with Gasteiger partial charge >= 0.3 is 0 Å². The highest BCUT2D eigenvalue weighted by atomic mass is 16.5. The van der Waals surface area contributed by atoms with E-state index in [-0.39, 0.29) is 47.9 Å². The molecule has 1 unspecified atom stereocenters. The highest BCUT2D eigenvalue weighted by molar-refractivity contribution is 6.25. The van der Waals surface area contributed by atoms with Crippen molar-refractivity contribution in [2.45, 2.75) is 44.6 Å². The number of hydrogen-bond donors (Lipinski definition) is 6. The van der Waals surface area contributed by atoms with Crippen molar-refractivity contribution < 1.29 is 43.5 Å². The van der Waals surface area contributed by atoms with Gasteiger partial charge in [0.1, 0.15) is 11.8 Å². The lowest BCUT2D eigenvalue weighted by atomic mass is 10.0. The van der Waals surface area contributed by atoms with Crippen LogP contribution in [0.2, 0.25) is 0 Å². The van der Waals surface area contributed by atoms with Crippen molar-refractivity contribution in [1.29, 1.82) is 0 Å². The van der Waals surface area contributed by atoms with Crippen molar-refractivity contribution in [3.8, 4) is 5.75 Å². The number of nitrogens with zero attached hydrogens (tertiary/aromatic N) is 1. The van der Waals surface area contributed by atoms with E-state index < -0.39 is 35.6 Å². The van der Waals surface area contributed by atoms with E-state index in [1.54, 1.807) is 29.7 Å². The Hall–Kier alpha value is -6.09. The van der Waals surface area contributed by atoms with Gasteiger partial charge in [-0.25, -0.2) is 5.48 Å². The molecule has 2 heterocycles. The summed E-state index contributed by atoms with van der Waals surface area (Å²) in [7, 11) is 0. The average molecular weight is 699 g/mol.